The highest BCUT2D eigenvalue weighted by Crippen LogP contribution is 2.29. The van der Waals surface area contributed by atoms with E-state index < -0.39 is 11.6 Å². The van der Waals surface area contributed by atoms with Gasteiger partial charge in [-0.15, -0.1) is 12.4 Å². The molecular weight excluding hydrogens is 242 g/mol. The molecular formula is C12H24ClNO3. The molecule has 1 aliphatic carbocycles. The molecule has 1 N–H and O–H groups in total. The molecule has 0 aromatic heterocycles. The molecule has 5 heteroatoms. The first-order chi connectivity index (χ1) is 7.54. The maximum Gasteiger partial charge on any atom is 0.338 e. The number of aliphatic hydroxyl groups is 1. The van der Waals surface area contributed by atoms with Gasteiger partial charge in [0.05, 0.1) is 6.61 Å². The van der Waals surface area contributed by atoms with Crippen LogP contribution in [0.25, 0.3) is 0 Å². The van der Waals surface area contributed by atoms with E-state index in [1.165, 1.54) is 0 Å². The zero-order valence-electron chi connectivity index (χ0n) is 10.8. The quantitative estimate of drug-likeness (QED) is 0.606. The molecule has 0 atom stereocenters. The van der Waals surface area contributed by atoms with Gasteiger partial charge in [-0.1, -0.05) is 6.42 Å². The minimum Gasteiger partial charge on any atom is -0.464 e. The third-order valence-corrected chi connectivity index (χ3v) is 3.04. The van der Waals surface area contributed by atoms with E-state index in [0.29, 0.717) is 19.4 Å². The fraction of sp³-hybridized carbons (Fsp3) is 0.917. The summed E-state index contributed by atoms with van der Waals surface area (Å²) in [5, 5.41) is 10.1. The van der Waals surface area contributed by atoms with Crippen LogP contribution in [0.3, 0.4) is 0 Å². The third-order valence-electron chi connectivity index (χ3n) is 3.04. The molecule has 1 fully saturated rings. The molecule has 17 heavy (non-hydrogen) atoms. The first kappa shape index (κ1) is 16.7. The molecule has 0 heterocycles. The molecule has 0 aromatic rings. The first-order valence-electron chi connectivity index (χ1n) is 6.09. The standard InChI is InChI=1S/C12H23NO3.ClH/c1-13(2)9-6-10-16-11(14)12(15)7-4-3-5-8-12;/h15H,3-10H2,1-2H3;1H. The molecule has 0 spiro atoms. The average Bonchev–Trinajstić information content (AvgIpc) is 2.25. The Bertz CT molecular complexity index is 228. The Kier molecular flexibility index (Phi) is 7.75. The number of halogens is 1. The van der Waals surface area contributed by atoms with Gasteiger partial charge < -0.3 is 14.7 Å². The van der Waals surface area contributed by atoms with Crippen LogP contribution in [0.1, 0.15) is 38.5 Å². The minimum absolute atomic E-state index is 0. The number of hydrogen-bond donors (Lipinski definition) is 1. The summed E-state index contributed by atoms with van der Waals surface area (Å²) in [4.78, 5) is 13.7. The van der Waals surface area contributed by atoms with Crippen LogP contribution in [-0.4, -0.2) is 48.8 Å². The van der Waals surface area contributed by atoms with Crippen molar-refractivity contribution in [3.05, 3.63) is 0 Å². The Morgan fingerprint density at radius 1 is 1.29 bits per heavy atom. The first-order valence-corrected chi connectivity index (χ1v) is 6.09. The van der Waals surface area contributed by atoms with Gasteiger partial charge >= 0.3 is 5.97 Å². The van der Waals surface area contributed by atoms with Crippen LogP contribution in [0.15, 0.2) is 0 Å². The van der Waals surface area contributed by atoms with Crippen LogP contribution >= 0.6 is 12.4 Å². The Morgan fingerprint density at radius 2 is 1.88 bits per heavy atom. The maximum absolute atomic E-state index is 11.7. The van der Waals surface area contributed by atoms with Crippen molar-refractivity contribution < 1.29 is 14.6 Å². The third kappa shape index (κ3) is 5.70. The molecule has 1 saturated carbocycles. The van der Waals surface area contributed by atoms with E-state index in [0.717, 1.165) is 32.2 Å². The van der Waals surface area contributed by atoms with Gasteiger partial charge in [0.2, 0.25) is 0 Å². The van der Waals surface area contributed by atoms with Crippen LogP contribution in [0.5, 0.6) is 0 Å². The molecule has 0 unspecified atom stereocenters. The minimum atomic E-state index is -1.20. The van der Waals surface area contributed by atoms with Crippen molar-refractivity contribution in [2.45, 2.75) is 44.1 Å². The SMILES string of the molecule is CN(C)CCCOC(=O)C1(O)CCCCC1.Cl. The van der Waals surface area contributed by atoms with Gasteiger partial charge in [0.25, 0.3) is 0 Å². The lowest BCUT2D eigenvalue weighted by Gasteiger charge is -2.29. The van der Waals surface area contributed by atoms with E-state index >= 15 is 0 Å². The van der Waals surface area contributed by atoms with E-state index in [-0.39, 0.29) is 12.4 Å². The van der Waals surface area contributed by atoms with E-state index in [9.17, 15) is 9.90 Å². The second-order valence-corrected chi connectivity index (χ2v) is 4.88. The smallest absolute Gasteiger partial charge is 0.338 e. The molecule has 1 rings (SSSR count). The fourth-order valence-electron chi connectivity index (χ4n) is 2.02. The summed E-state index contributed by atoms with van der Waals surface area (Å²) >= 11 is 0. The van der Waals surface area contributed by atoms with Gasteiger partial charge in [-0.05, 0) is 46.2 Å². The van der Waals surface area contributed by atoms with E-state index in [1.807, 2.05) is 19.0 Å². The van der Waals surface area contributed by atoms with Crippen LogP contribution in [0, 0.1) is 0 Å². The van der Waals surface area contributed by atoms with Crippen molar-refractivity contribution in [2.24, 2.45) is 0 Å². The summed E-state index contributed by atoms with van der Waals surface area (Å²) in [6.45, 7) is 1.30. The summed E-state index contributed by atoms with van der Waals surface area (Å²) in [5.74, 6) is -0.425. The molecule has 0 amide bonds. The molecule has 0 saturated heterocycles. The lowest BCUT2D eigenvalue weighted by atomic mass is 9.85. The molecule has 1 aliphatic rings. The van der Waals surface area contributed by atoms with Crippen molar-refractivity contribution in [1.82, 2.24) is 4.90 Å². The molecule has 0 radical (unpaired) electrons. The highest BCUT2D eigenvalue weighted by molar-refractivity contribution is 5.85. The van der Waals surface area contributed by atoms with Gasteiger partial charge in [-0.2, -0.15) is 0 Å². The van der Waals surface area contributed by atoms with Crippen molar-refractivity contribution in [3.63, 3.8) is 0 Å². The highest BCUT2D eigenvalue weighted by atomic mass is 35.5. The summed E-state index contributed by atoms with van der Waals surface area (Å²) in [5.41, 5.74) is -1.20. The molecule has 4 nitrogen and oxygen atoms in total. The van der Waals surface area contributed by atoms with E-state index in [2.05, 4.69) is 0 Å². The van der Waals surface area contributed by atoms with Crippen LogP contribution in [0.2, 0.25) is 0 Å². The molecule has 0 aliphatic heterocycles. The predicted molar refractivity (Wildman–Crippen MR) is 69.4 cm³/mol. The number of esters is 1. The van der Waals surface area contributed by atoms with Crippen LogP contribution in [-0.2, 0) is 9.53 Å². The molecule has 0 bridgehead atoms. The van der Waals surface area contributed by atoms with Gasteiger partial charge in [0, 0.05) is 6.54 Å². The average molecular weight is 266 g/mol. The summed E-state index contributed by atoms with van der Waals surface area (Å²) in [6.07, 6.45) is 4.87. The van der Waals surface area contributed by atoms with Crippen LogP contribution < -0.4 is 0 Å². The summed E-state index contributed by atoms with van der Waals surface area (Å²) < 4.78 is 5.12. The van der Waals surface area contributed by atoms with Gasteiger partial charge in [-0.25, -0.2) is 4.79 Å². The summed E-state index contributed by atoms with van der Waals surface area (Å²) in [7, 11) is 3.97. The lowest BCUT2D eigenvalue weighted by Crippen LogP contribution is -2.42. The number of carbonyl (C=O) groups excluding carboxylic acids is 1. The van der Waals surface area contributed by atoms with Crippen molar-refractivity contribution in [3.8, 4) is 0 Å². The monoisotopic (exact) mass is 265 g/mol. The second-order valence-electron chi connectivity index (χ2n) is 4.88. The van der Waals surface area contributed by atoms with Crippen molar-refractivity contribution in [1.29, 1.82) is 0 Å². The topological polar surface area (TPSA) is 49.8 Å². The van der Waals surface area contributed by atoms with Crippen molar-refractivity contribution in [2.75, 3.05) is 27.2 Å². The number of nitrogens with zero attached hydrogens (tertiary/aromatic N) is 1. The highest BCUT2D eigenvalue weighted by Gasteiger charge is 2.38. The summed E-state index contributed by atoms with van der Waals surface area (Å²) in [6, 6.07) is 0. The Morgan fingerprint density at radius 3 is 2.41 bits per heavy atom. The normalized spacial score (nSPS) is 18.6. The predicted octanol–water partition coefficient (Wildman–Crippen LogP) is 1.60. The van der Waals surface area contributed by atoms with Gasteiger partial charge in [-0.3, -0.25) is 0 Å². The maximum atomic E-state index is 11.7. The Hall–Kier alpha value is -0.320. The zero-order valence-corrected chi connectivity index (χ0v) is 11.6. The molecule has 0 aromatic carbocycles. The van der Waals surface area contributed by atoms with Gasteiger partial charge in [0.1, 0.15) is 0 Å². The number of rotatable bonds is 5. The fourth-order valence-corrected chi connectivity index (χ4v) is 2.02. The van der Waals surface area contributed by atoms with Gasteiger partial charge in [0.15, 0.2) is 5.60 Å². The Labute approximate surface area is 110 Å². The van der Waals surface area contributed by atoms with E-state index in [1.54, 1.807) is 0 Å². The number of ether oxygens (including phenoxy) is 1. The van der Waals surface area contributed by atoms with E-state index in [4.69, 9.17) is 4.74 Å². The van der Waals surface area contributed by atoms with Crippen LogP contribution in [0.4, 0.5) is 0 Å². The lowest BCUT2D eigenvalue weighted by molar-refractivity contribution is -0.169. The largest absolute Gasteiger partial charge is 0.464 e. The molecule has 102 valence electrons. The second kappa shape index (κ2) is 7.90. The number of hydrogen-bond acceptors (Lipinski definition) is 4. The zero-order chi connectivity index (χ0) is 12.0. The Balaban J connectivity index is 0.00000256. The van der Waals surface area contributed by atoms with Crippen molar-refractivity contribution >= 4 is 18.4 Å². The number of carbonyl (C=O) groups is 1.